The van der Waals surface area contributed by atoms with E-state index in [1.165, 1.54) is 4.90 Å². The Balaban J connectivity index is 1.84. The molecule has 6 heteroatoms. The Labute approximate surface area is 115 Å². The fourth-order valence-electron chi connectivity index (χ4n) is 2.55. The number of aromatic amines is 1. The number of nitrogens with zero attached hydrogens (tertiary/aromatic N) is 1. The number of nitrogens with one attached hydrogen (secondary N) is 1. The zero-order chi connectivity index (χ0) is 14.3. The molecule has 20 heavy (non-hydrogen) atoms. The van der Waals surface area contributed by atoms with Crippen LogP contribution in [0.2, 0.25) is 0 Å². The topological polar surface area (TPSA) is 99.4 Å². The molecule has 1 aromatic heterocycles. The summed E-state index contributed by atoms with van der Waals surface area (Å²) in [6.07, 6.45) is 2.09. The molecule has 4 N–H and O–H groups in total. The minimum Gasteiger partial charge on any atom is -0.480 e. The van der Waals surface area contributed by atoms with Gasteiger partial charge in [-0.05, 0) is 30.7 Å². The SMILES string of the molecule is NC1(C(=O)O)CCN(C(=O)c2ccc3[nH]ccc3c2)C1. The second-order valence-electron chi connectivity index (χ2n) is 5.22. The van der Waals surface area contributed by atoms with Crippen LogP contribution in [0.3, 0.4) is 0 Å². The third kappa shape index (κ3) is 1.94. The summed E-state index contributed by atoms with van der Waals surface area (Å²) in [5.41, 5.74) is 5.97. The molecule has 2 heterocycles. The van der Waals surface area contributed by atoms with Crippen LogP contribution in [-0.2, 0) is 4.79 Å². The lowest BCUT2D eigenvalue weighted by molar-refractivity contribution is -0.142. The lowest BCUT2D eigenvalue weighted by Gasteiger charge is -2.20. The minimum absolute atomic E-state index is 0.0480. The highest BCUT2D eigenvalue weighted by molar-refractivity contribution is 5.98. The van der Waals surface area contributed by atoms with Crippen molar-refractivity contribution in [2.45, 2.75) is 12.0 Å². The van der Waals surface area contributed by atoms with Crippen molar-refractivity contribution in [2.75, 3.05) is 13.1 Å². The Kier molecular flexibility index (Phi) is 2.76. The predicted molar refractivity (Wildman–Crippen MR) is 73.4 cm³/mol. The Morgan fingerprint density at radius 3 is 2.85 bits per heavy atom. The number of rotatable bonds is 2. The van der Waals surface area contributed by atoms with Crippen molar-refractivity contribution >= 4 is 22.8 Å². The van der Waals surface area contributed by atoms with Gasteiger partial charge in [-0.1, -0.05) is 0 Å². The van der Waals surface area contributed by atoms with Crippen molar-refractivity contribution in [1.29, 1.82) is 0 Å². The molecule has 1 unspecified atom stereocenters. The van der Waals surface area contributed by atoms with Gasteiger partial charge in [-0.3, -0.25) is 9.59 Å². The van der Waals surface area contributed by atoms with Gasteiger partial charge in [-0.25, -0.2) is 0 Å². The first-order valence-corrected chi connectivity index (χ1v) is 6.38. The van der Waals surface area contributed by atoms with Gasteiger partial charge in [0.1, 0.15) is 5.54 Å². The molecule has 0 spiro atoms. The molecule has 0 bridgehead atoms. The first-order valence-electron chi connectivity index (χ1n) is 6.38. The van der Waals surface area contributed by atoms with Gasteiger partial charge in [-0.15, -0.1) is 0 Å². The lowest BCUT2D eigenvalue weighted by atomic mass is 10.0. The van der Waals surface area contributed by atoms with Crippen molar-refractivity contribution in [2.24, 2.45) is 5.73 Å². The third-order valence-corrected chi connectivity index (χ3v) is 3.81. The molecule has 1 atom stereocenters. The van der Waals surface area contributed by atoms with Crippen LogP contribution < -0.4 is 5.73 Å². The first-order chi connectivity index (χ1) is 9.49. The van der Waals surface area contributed by atoms with Gasteiger partial charge < -0.3 is 20.7 Å². The molecule has 1 aromatic carbocycles. The van der Waals surface area contributed by atoms with Crippen LogP contribution in [0, 0.1) is 0 Å². The van der Waals surface area contributed by atoms with E-state index in [0.29, 0.717) is 12.1 Å². The molecular weight excluding hydrogens is 258 g/mol. The molecule has 1 saturated heterocycles. The maximum Gasteiger partial charge on any atom is 0.325 e. The average molecular weight is 273 g/mol. The molecule has 2 aromatic rings. The van der Waals surface area contributed by atoms with Crippen LogP contribution in [0.1, 0.15) is 16.8 Å². The van der Waals surface area contributed by atoms with E-state index in [-0.39, 0.29) is 18.9 Å². The number of fused-ring (bicyclic) bond motifs is 1. The predicted octanol–water partition coefficient (Wildman–Crippen LogP) is 0.796. The minimum atomic E-state index is -1.33. The third-order valence-electron chi connectivity index (χ3n) is 3.81. The number of amides is 1. The molecule has 0 aliphatic carbocycles. The fraction of sp³-hybridized carbons (Fsp3) is 0.286. The highest BCUT2D eigenvalue weighted by Gasteiger charge is 2.43. The van der Waals surface area contributed by atoms with Crippen molar-refractivity contribution < 1.29 is 14.7 Å². The van der Waals surface area contributed by atoms with E-state index in [1.807, 2.05) is 18.3 Å². The Bertz CT molecular complexity index is 694. The molecule has 1 fully saturated rings. The maximum atomic E-state index is 12.4. The summed E-state index contributed by atoms with van der Waals surface area (Å²) in [4.78, 5) is 28.1. The van der Waals surface area contributed by atoms with Crippen LogP contribution in [0.25, 0.3) is 10.9 Å². The number of H-pyrrole nitrogens is 1. The molecule has 1 aliphatic heterocycles. The van der Waals surface area contributed by atoms with Crippen molar-refractivity contribution in [1.82, 2.24) is 9.88 Å². The second-order valence-corrected chi connectivity index (χ2v) is 5.22. The molecule has 1 aliphatic rings. The summed E-state index contributed by atoms with van der Waals surface area (Å²) in [6.45, 7) is 0.416. The molecule has 3 rings (SSSR count). The van der Waals surface area contributed by atoms with Crippen LogP contribution >= 0.6 is 0 Å². The molecule has 0 radical (unpaired) electrons. The summed E-state index contributed by atoms with van der Waals surface area (Å²) in [6, 6.07) is 7.26. The Morgan fingerprint density at radius 1 is 1.35 bits per heavy atom. The average Bonchev–Trinajstić information content (AvgIpc) is 3.04. The van der Waals surface area contributed by atoms with Crippen molar-refractivity contribution in [3.05, 3.63) is 36.0 Å². The number of carboxylic acids is 1. The van der Waals surface area contributed by atoms with E-state index in [4.69, 9.17) is 10.8 Å². The standard InChI is InChI=1S/C14H15N3O3/c15-14(13(19)20)4-6-17(8-14)12(18)10-1-2-11-9(7-10)3-5-16-11/h1-3,5,7,16H,4,6,8,15H2,(H,19,20). The van der Waals surface area contributed by atoms with E-state index in [1.54, 1.807) is 12.1 Å². The number of carbonyl (C=O) groups is 2. The van der Waals surface area contributed by atoms with E-state index < -0.39 is 11.5 Å². The van der Waals surface area contributed by atoms with E-state index in [0.717, 1.165) is 10.9 Å². The van der Waals surface area contributed by atoms with Gasteiger partial charge >= 0.3 is 5.97 Å². The number of aromatic nitrogens is 1. The van der Waals surface area contributed by atoms with E-state index >= 15 is 0 Å². The number of carbonyl (C=O) groups excluding carboxylic acids is 1. The number of likely N-dealkylation sites (tertiary alicyclic amines) is 1. The number of aliphatic carboxylic acids is 1. The normalized spacial score (nSPS) is 22.4. The lowest BCUT2D eigenvalue weighted by Crippen LogP contribution is -2.50. The molecular formula is C14H15N3O3. The van der Waals surface area contributed by atoms with Crippen LogP contribution in [0.5, 0.6) is 0 Å². The monoisotopic (exact) mass is 273 g/mol. The van der Waals surface area contributed by atoms with Gasteiger partial charge in [0.2, 0.25) is 0 Å². The van der Waals surface area contributed by atoms with Gasteiger partial charge in [0.25, 0.3) is 5.91 Å². The highest BCUT2D eigenvalue weighted by Crippen LogP contribution is 2.22. The van der Waals surface area contributed by atoms with Crippen LogP contribution in [0.4, 0.5) is 0 Å². The second kappa shape index (κ2) is 4.35. The molecule has 0 saturated carbocycles. The van der Waals surface area contributed by atoms with Gasteiger partial charge in [0.05, 0.1) is 0 Å². The van der Waals surface area contributed by atoms with Crippen molar-refractivity contribution in [3.63, 3.8) is 0 Å². The molecule has 1 amide bonds. The Hall–Kier alpha value is -2.34. The number of benzene rings is 1. The van der Waals surface area contributed by atoms with Crippen molar-refractivity contribution in [3.8, 4) is 0 Å². The van der Waals surface area contributed by atoms with Gasteiger partial charge in [-0.2, -0.15) is 0 Å². The van der Waals surface area contributed by atoms with Gasteiger partial charge in [0.15, 0.2) is 0 Å². The van der Waals surface area contributed by atoms with E-state index in [2.05, 4.69) is 4.98 Å². The number of hydrogen-bond donors (Lipinski definition) is 3. The maximum absolute atomic E-state index is 12.4. The number of hydrogen-bond acceptors (Lipinski definition) is 3. The zero-order valence-electron chi connectivity index (χ0n) is 10.8. The van der Waals surface area contributed by atoms with Gasteiger partial charge in [0, 0.05) is 35.8 Å². The summed E-state index contributed by atoms with van der Waals surface area (Å²) < 4.78 is 0. The van der Waals surface area contributed by atoms with E-state index in [9.17, 15) is 9.59 Å². The highest BCUT2D eigenvalue weighted by atomic mass is 16.4. The number of nitrogens with two attached hydrogens (primary N) is 1. The number of carboxylic acid groups (broad SMARTS) is 1. The fourth-order valence-corrected chi connectivity index (χ4v) is 2.55. The quantitative estimate of drug-likeness (QED) is 0.753. The summed E-state index contributed by atoms with van der Waals surface area (Å²) in [5, 5.41) is 10.0. The molecule has 6 nitrogen and oxygen atoms in total. The first kappa shape index (κ1) is 12.7. The summed E-state index contributed by atoms with van der Waals surface area (Å²) in [5.74, 6) is -1.24. The zero-order valence-corrected chi connectivity index (χ0v) is 10.8. The van der Waals surface area contributed by atoms with Crippen LogP contribution in [-0.4, -0.2) is 45.5 Å². The molecule has 104 valence electrons. The summed E-state index contributed by atoms with van der Waals surface area (Å²) >= 11 is 0. The largest absolute Gasteiger partial charge is 0.480 e. The van der Waals surface area contributed by atoms with Crippen LogP contribution in [0.15, 0.2) is 30.5 Å². The smallest absolute Gasteiger partial charge is 0.325 e. The summed E-state index contributed by atoms with van der Waals surface area (Å²) in [7, 11) is 0. The Morgan fingerprint density at radius 2 is 2.15 bits per heavy atom.